The molecular formula is C12H21NO4. The first-order valence-corrected chi connectivity index (χ1v) is 6.14. The summed E-state index contributed by atoms with van der Waals surface area (Å²) < 4.78 is 10.3. The van der Waals surface area contributed by atoms with Crippen molar-refractivity contribution in [2.75, 3.05) is 19.8 Å². The smallest absolute Gasteiger partial charge is 0.307 e. The van der Waals surface area contributed by atoms with Crippen molar-refractivity contribution in [3.05, 3.63) is 0 Å². The number of esters is 1. The molecule has 1 aliphatic rings. The van der Waals surface area contributed by atoms with Gasteiger partial charge in [-0.2, -0.15) is 0 Å². The van der Waals surface area contributed by atoms with Gasteiger partial charge in [0.1, 0.15) is 5.78 Å². The van der Waals surface area contributed by atoms with Crippen LogP contribution in [0.1, 0.15) is 33.1 Å². The monoisotopic (exact) mass is 243 g/mol. The molecule has 1 N–H and O–H groups in total. The molecule has 2 atom stereocenters. The zero-order valence-electron chi connectivity index (χ0n) is 10.5. The van der Waals surface area contributed by atoms with E-state index in [0.717, 1.165) is 19.4 Å². The number of ether oxygens (including phenoxy) is 2. The standard InChI is InChI=1S/C12H21NO4/c1-3-16-12(15)7-11(9(2)14)13-8-10-5-4-6-17-10/h10-11,13H,3-8H2,1-2H3. The maximum Gasteiger partial charge on any atom is 0.307 e. The predicted molar refractivity (Wildman–Crippen MR) is 62.7 cm³/mol. The Balaban J connectivity index is 2.31. The fourth-order valence-electron chi connectivity index (χ4n) is 1.83. The lowest BCUT2D eigenvalue weighted by Gasteiger charge is -2.17. The van der Waals surface area contributed by atoms with Crippen LogP contribution < -0.4 is 5.32 Å². The van der Waals surface area contributed by atoms with Crippen molar-refractivity contribution in [1.82, 2.24) is 5.32 Å². The van der Waals surface area contributed by atoms with Crippen LogP contribution in [0.4, 0.5) is 0 Å². The van der Waals surface area contributed by atoms with Gasteiger partial charge < -0.3 is 14.8 Å². The van der Waals surface area contributed by atoms with Crippen molar-refractivity contribution < 1.29 is 19.1 Å². The summed E-state index contributed by atoms with van der Waals surface area (Å²) in [5.41, 5.74) is 0. The molecule has 0 bridgehead atoms. The molecule has 1 aliphatic heterocycles. The number of hydrogen-bond acceptors (Lipinski definition) is 5. The van der Waals surface area contributed by atoms with Gasteiger partial charge in [0.25, 0.3) is 0 Å². The highest BCUT2D eigenvalue weighted by molar-refractivity contribution is 5.86. The van der Waals surface area contributed by atoms with Gasteiger partial charge >= 0.3 is 5.97 Å². The van der Waals surface area contributed by atoms with Crippen LogP contribution in [0, 0.1) is 0 Å². The third-order valence-electron chi connectivity index (χ3n) is 2.78. The Morgan fingerprint density at radius 1 is 1.53 bits per heavy atom. The first-order valence-electron chi connectivity index (χ1n) is 6.14. The van der Waals surface area contributed by atoms with Gasteiger partial charge in [0, 0.05) is 13.2 Å². The molecule has 0 amide bonds. The Kier molecular flexibility index (Phi) is 6.15. The quantitative estimate of drug-likeness (QED) is 0.666. The van der Waals surface area contributed by atoms with Gasteiger partial charge in [-0.25, -0.2) is 0 Å². The van der Waals surface area contributed by atoms with Crippen LogP contribution in [0.3, 0.4) is 0 Å². The average molecular weight is 243 g/mol. The van der Waals surface area contributed by atoms with E-state index in [-0.39, 0.29) is 24.3 Å². The Morgan fingerprint density at radius 3 is 2.82 bits per heavy atom. The van der Waals surface area contributed by atoms with Crippen LogP contribution in [-0.2, 0) is 19.1 Å². The van der Waals surface area contributed by atoms with Crippen molar-refractivity contribution in [2.24, 2.45) is 0 Å². The van der Waals surface area contributed by atoms with E-state index in [4.69, 9.17) is 9.47 Å². The lowest BCUT2D eigenvalue weighted by Crippen LogP contribution is -2.41. The van der Waals surface area contributed by atoms with E-state index < -0.39 is 6.04 Å². The van der Waals surface area contributed by atoms with E-state index in [1.807, 2.05) is 0 Å². The van der Waals surface area contributed by atoms with Crippen molar-refractivity contribution in [3.8, 4) is 0 Å². The Hall–Kier alpha value is -0.940. The minimum atomic E-state index is -0.460. The maximum absolute atomic E-state index is 11.4. The molecule has 1 saturated heterocycles. The summed E-state index contributed by atoms with van der Waals surface area (Å²) in [5.74, 6) is -0.386. The average Bonchev–Trinajstić information content (AvgIpc) is 2.77. The van der Waals surface area contributed by atoms with Gasteiger partial charge in [0.05, 0.1) is 25.2 Å². The Labute approximate surface area is 102 Å². The summed E-state index contributed by atoms with van der Waals surface area (Å²) in [6, 6.07) is -0.460. The second kappa shape index (κ2) is 7.40. The van der Waals surface area contributed by atoms with Crippen molar-refractivity contribution in [1.29, 1.82) is 0 Å². The fraction of sp³-hybridized carbons (Fsp3) is 0.833. The van der Waals surface area contributed by atoms with Crippen molar-refractivity contribution in [2.45, 2.75) is 45.3 Å². The van der Waals surface area contributed by atoms with Crippen molar-refractivity contribution >= 4 is 11.8 Å². The SMILES string of the molecule is CCOC(=O)CC(NCC1CCCO1)C(C)=O. The number of ketones is 1. The molecule has 5 heteroatoms. The lowest BCUT2D eigenvalue weighted by molar-refractivity contribution is -0.145. The van der Waals surface area contributed by atoms with Gasteiger partial charge in [0.15, 0.2) is 0 Å². The number of carbonyl (C=O) groups is 2. The van der Waals surface area contributed by atoms with Crippen LogP contribution in [0.25, 0.3) is 0 Å². The zero-order chi connectivity index (χ0) is 12.7. The molecule has 1 heterocycles. The molecule has 0 saturated carbocycles. The maximum atomic E-state index is 11.4. The summed E-state index contributed by atoms with van der Waals surface area (Å²) in [4.78, 5) is 22.7. The molecule has 2 unspecified atom stereocenters. The Bertz CT molecular complexity index is 261. The van der Waals surface area contributed by atoms with E-state index in [1.165, 1.54) is 6.92 Å². The highest BCUT2D eigenvalue weighted by Gasteiger charge is 2.22. The molecule has 17 heavy (non-hydrogen) atoms. The molecule has 0 aromatic rings. The highest BCUT2D eigenvalue weighted by Crippen LogP contribution is 2.11. The molecule has 0 radical (unpaired) electrons. The third kappa shape index (κ3) is 5.28. The van der Waals surface area contributed by atoms with E-state index in [9.17, 15) is 9.59 Å². The topological polar surface area (TPSA) is 64.6 Å². The summed E-state index contributed by atoms with van der Waals surface area (Å²) in [5, 5.41) is 3.08. The predicted octanol–water partition coefficient (Wildman–Crippen LogP) is 0.666. The minimum absolute atomic E-state index is 0.0453. The fourth-order valence-corrected chi connectivity index (χ4v) is 1.83. The number of rotatable bonds is 7. The Morgan fingerprint density at radius 2 is 2.29 bits per heavy atom. The molecule has 0 aromatic carbocycles. The largest absolute Gasteiger partial charge is 0.466 e. The molecule has 1 fully saturated rings. The molecule has 98 valence electrons. The second-order valence-electron chi connectivity index (χ2n) is 4.22. The zero-order valence-corrected chi connectivity index (χ0v) is 10.5. The van der Waals surface area contributed by atoms with Gasteiger partial charge in [-0.3, -0.25) is 9.59 Å². The van der Waals surface area contributed by atoms with Gasteiger partial charge in [-0.1, -0.05) is 0 Å². The number of hydrogen-bond donors (Lipinski definition) is 1. The van der Waals surface area contributed by atoms with E-state index >= 15 is 0 Å². The van der Waals surface area contributed by atoms with Crippen LogP contribution in [0.15, 0.2) is 0 Å². The summed E-state index contributed by atoms with van der Waals surface area (Å²) >= 11 is 0. The molecular weight excluding hydrogens is 222 g/mol. The highest BCUT2D eigenvalue weighted by atomic mass is 16.5. The van der Waals surface area contributed by atoms with Crippen LogP contribution in [0.2, 0.25) is 0 Å². The molecule has 0 spiro atoms. The van der Waals surface area contributed by atoms with Crippen molar-refractivity contribution in [3.63, 3.8) is 0 Å². The molecule has 0 aromatic heterocycles. The summed E-state index contributed by atoms with van der Waals surface area (Å²) in [6.45, 7) is 4.97. The van der Waals surface area contributed by atoms with Crippen LogP contribution in [0.5, 0.6) is 0 Å². The first kappa shape index (κ1) is 14.1. The normalized spacial score (nSPS) is 21.2. The van der Waals surface area contributed by atoms with Gasteiger partial charge in [-0.15, -0.1) is 0 Å². The van der Waals surface area contributed by atoms with Crippen LogP contribution in [-0.4, -0.2) is 43.7 Å². The van der Waals surface area contributed by atoms with Gasteiger partial charge in [0.2, 0.25) is 0 Å². The second-order valence-corrected chi connectivity index (χ2v) is 4.22. The summed E-state index contributed by atoms with van der Waals surface area (Å²) in [6.07, 6.45) is 2.33. The molecule has 5 nitrogen and oxygen atoms in total. The lowest BCUT2D eigenvalue weighted by atomic mass is 10.1. The molecule has 1 rings (SSSR count). The number of Topliss-reactive ketones (excluding diaryl/α,β-unsaturated/α-hetero) is 1. The summed E-state index contributed by atoms with van der Waals surface area (Å²) in [7, 11) is 0. The number of nitrogens with one attached hydrogen (secondary N) is 1. The molecule has 0 aliphatic carbocycles. The minimum Gasteiger partial charge on any atom is -0.466 e. The van der Waals surface area contributed by atoms with Crippen LogP contribution >= 0.6 is 0 Å². The van der Waals surface area contributed by atoms with E-state index in [0.29, 0.717) is 13.2 Å². The van der Waals surface area contributed by atoms with Gasteiger partial charge in [-0.05, 0) is 26.7 Å². The van der Waals surface area contributed by atoms with E-state index in [2.05, 4.69) is 5.32 Å². The first-order chi connectivity index (χ1) is 8.13. The number of carbonyl (C=O) groups excluding carboxylic acids is 2. The van der Waals surface area contributed by atoms with E-state index in [1.54, 1.807) is 6.92 Å². The third-order valence-corrected chi connectivity index (χ3v) is 2.78.